The molecule has 0 aliphatic carbocycles. The van der Waals surface area contributed by atoms with E-state index in [9.17, 15) is 0 Å². The molecule has 0 saturated carbocycles. The van der Waals surface area contributed by atoms with Gasteiger partial charge in [0.15, 0.2) is 0 Å². The molecule has 0 spiro atoms. The molecule has 0 radical (unpaired) electrons. The molecular weight excluding hydrogens is 180 g/mol. The molecule has 2 fully saturated rings. The normalized spacial score (nSPS) is 40.6. The molecule has 2 N–H and O–H groups in total. The first-order chi connectivity index (χ1) is 6.33. The summed E-state index contributed by atoms with van der Waals surface area (Å²) in [6.45, 7) is 2.15. The molecule has 13 heavy (non-hydrogen) atoms. The van der Waals surface area contributed by atoms with Crippen molar-refractivity contribution in [1.29, 1.82) is 0 Å². The minimum Gasteiger partial charge on any atom is -0.330 e. The van der Waals surface area contributed by atoms with Crippen molar-refractivity contribution in [3.8, 4) is 0 Å². The van der Waals surface area contributed by atoms with E-state index in [2.05, 4.69) is 23.7 Å². The van der Waals surface area contributed by atoms with Gasteiger partial charge in [-0.1, -0.05) is 0 Å². The summed E-state index contributed by atoms with van der Waals surface area (Å²) in [6.07, 6.45) is 2.62. The maximum atomic E-state index is 5.65. The summed E-state index contributed by atoms with van der Waals surface area (Å²) in [5.41, 5.74) is 5.65. The lowest BCUT2D eigenvalue weighted by Gasteiger charge is -2.30. The smallest absolute Gasteiger partial charge is 0.0139 e. The Bertz CT molecular complexity index is 174. The fourth-order valence-electron chi connectivity index (χ4n) is 2.91. The summed E-state index contributed by atoms with van der Waals surface area (Å²) in [7, 11) is 2.28. The van der Waals surface area contributed by atoms with Crippen molar-refractivity contribution in [3.63, 3.8) is 0 Å². The lowest BCUT2D eigenvalue weighted by atomic mass is 9.88. The molecule has 0 amide bonds. The molecule has 0 aromatic heterocycles. The number of hydrogen-bond donors (Lipinski definition) is 1. The van der Waals surface area contributed by atoms with Gasteiger partial charge in [-0.2, -0.15) is 11.8 Å². The average Bonchev–Trinajstić information content (AvgIpc) is 2.46. The highest BCUT2D eigenvalue weighted by atomic mass is 32.2. The maximum Gasteiger partial charge on any atom is 0.0139 e. The van der Waals surface area contributed by atoms with E-state index >= 15 is 0 Å². The minimum atomic E-state index is 0.867. The average molecular weight is 200 g/mol. The van der Waals surface area contributed by atoms with Gasteiger partial charge in [0, 0.05) is 12.6 Å². The van der Waals surface area contributed by atoms with Crippen LogP contribution in [0, 0.1) is 11.8 Å². The van der Waals surface area contributed by atoms with Gasteiger partial charge in [-0.15, -0.1) is 0 Å². The summed E-state index contributed by atoms with van der Waals surface area (Å²) in [4.78, 5) is 2.56. The third kappa shape index (κ3) is 1.88. The zero-order valence-electron chi connectivity index (χ0n) is 8.41. The molecule has 2 saturated heterocycles. The van der Waals surface area contributed by atoms with Gasteiger partial charge < -0.3 is 10.6 Å². The summed E-state index contributed by atoms with van der Waals surface area (Å²) in [5.74, 6) is 4.56. The van der Waals surface area contributed by atoms with Crippen LogP contribution in [0.3, 0.4) is 0 Å². The second-order valence-corrected chi connectivity index (χ2v) is 5.52. The van der Waals surface area contributed by atoms with Crippen molar-refractivity contribution in [2.75, 3.05) is 31.6 Å². The summed E-state index contributed by atoms with van der Waals surface area (Å²) >= 11 is 2.14. The minimum absolute atomic E-state index is 0.867. The molecule has 0 aromatic rings. The molecule has 2 rings (SSSR count). The number of hydrogen-bond acceptors (Lipinski definition) is 3. The van der Waals surface area contributed by atoms with Crippen LogP contribution >= 0.6 is 11.8 Å². The van der Waals surface area contributed by atoms with E-state index in [0.29, 0.717) is 0 Å². The molecule has 3 atom stereocenters. The van der Waals surface area contributed by atoms with Crippen LogP contribution in [0.15, 0.2) is 0 Å². The Morgan fingerprint density at radius 2 is 2.38 bits per heavy atom. The summed E-state index contributed by atoms with van der Waals surface area (Å²) < 4.78 is 0. The zero-order valence-corrected chi connectivity index (χ0v) is 9.22. The highest BCUT2D eigenvalue weighted by Crippen LogP contribution is 2.38. The van der Waals surface area contributed by atoms with Crippen molar-refractivity contribution >= 4 is 11.8 Å². The fraction of sp³-hybridized carbons (Fsp3) is 1.00. The van der Waals surface area contributed by atoms with Crippen LogP contribution < -0.4 is 5.73 Å². The molecule has 0 aromatic carbocycles. The number of likely N-dealkylation sites (tertiary alicyclic amines) is 1. The third-order valence-corrected chi connectivity index (χ3v) is 4.74. The highest BCUT2D eigenvalue weighted by molar-refractivity contribution is 7.99. The van der Waals surface area contributed by atoms with Gasteiger partial charge in [0.2, 0.25) is 0 Å². The van der Waals surface area contributed by atoms with Crippen LogP contribution in [0.25, 0.3) is 0 Å². The maximum absolute atomic E-state index is 5.65. The van der Waals surface area contributed by atoms with E-state index < -0.39 is 0 Å². The molecule has 2 heterocycles. The fourth-order valence-corrected chi connectivity index (χ4v) is 4.25. The number of nitrogens with zero attached hydrogens (tertiary/aromatic N) is 1. The molecule has 2 aliphatic rings. The van der Waals surface area contributed by atoms with Crippen LogP contribution in [-0.2, 0) is 0 Å². The molecule has 0 bridgehead atoms. The Balaban J connectivity index is 1.99. The molecule has 76 valence electrons. The summed E-state index contributed by atoms with van der Waals surface area (Å²) in [6, 6.07) is 0.873. The number of nitrogens with two attached hydrogens (primary N) is 1. The predicted octanol–water partition coefficient (Wildman–Crippen LogP) is 1.02. The van der Waals surface area contributed by atoms with E-state index in [1.165, 1.54) is 30.9 Å². The number of rotatable bonds is 2. The van der Waals surface area contributed by atoms with Crippen molar-refractivity contribution in [2.24, 2.45) is 17.6 Å². The van der Waals surface area contributed by atoms with Crippen LogP contribution in [0.5, 0.6) is 0 Å². The molecule has 3 heteroatoms. The van der Waals surface area contributed by atoms with Gasteiger partial charge in [0.25, 0.3) is 0 Å². The first-order valence-corrected chi connectivity index (χ1v) is 6.46. The number of thioether (sulfide) groups is 1. The van der Waals surface area contributed by atoms with Crippen molar-refractivity contribution in [2.45, 2.75) is 18.9 Å². The van der Waals surface area contributed by atoms with Crippen LogP contribution in [0.4, 0.5) is 0 Å². The second-order valence-electron chi connectivity index (χ2n) is 4.37. The van der Waals surface area contributed by atoms with E-state index in [1.54, 1.807) is 0 Å². The van der Waals surface area contributed by atoms with E-state index in [4.69, 9.17) is 5.73 Å². The van der Waals surface area contributed by atoms with Gasteiger partial charge in [-0.3, -0.25) is 0 Å². The van der Waals surface area contributed by atoms with Crippen molar-refractivity contribution in [1.82, 2.24) is 4.90 Å². The third-order valence-electron chi connectivity index (χ3n) is 3.59. The van der Waals surface area contributed by atoms with Gasteiger partial charge in [0.05, 0.1) is 0 Å². The SMILES string of the molecule is CN1CC(CCN)C2CSCCC21. The van der Waals surface area contributed by atoms with Gasteiger partial charge >= 0.3 is 0 Å². The molecule has 3 unspecified atom stereocenters. The first kappa shape index (κ1) is 9.81. The monoisotopic (exact) mass is 200 g/mol. The van der Waals surface area contributed by atoms with E-state index in [1.807, 2.05) is 0 Å². The summed E-state index contributed by atoms with van der Waals surface area (Å²) in [5, 5.41) is 0. The predicted molar refractivity (Wildman–Crippen MR) is 59.0 cm³/mol. The van der Waals surface area contributed by atoms with Crippen molar-refractivity contribution in [3.05, 3.63) is 0 Å². The van der Waals surface area contributed by atoms with Crippen LogP contribution in [0.2, 0.25) is 0 Å². The van der Waals surface area contributed by atoms with Gasteiger partial charge in [-0.25, -0.2) is 0 Å². The first-order valence-electron chi connectivity index (χ1n) is 5.31. The number of fused-ring (bicyclic) bond motifs is 1. The Labute approximate surface area is 85.2 Å². The molecule has 2 aliphatic heterocycles. The Hall–Kier alpha value is 0.270. The van der Waals surface area contributed by atoms with E-state index in [0.717, 1.165) is 24.4 Å². The largest absolute Gasteiger partial charge is 0.330 e. The highest BCUT2D eigenvalue weighted by Gasteiger charge is 2.40. The molecule has 2 nitrogen and oxygen atoms in total. The lowest BCUT2D eigenvalue weighted by molar-refractivity contribution is 0.270. The van der Waals surface area contributed by atoms with Crippen LogP contribution in [-0.4, -0.2) is 42.6 Å². The van der Waals surface area contributed by atoms with Crippen molar-refractivity contribution < 1.29 is 0 Å². The zero-order chi connectivity index (χ0) is 9.26. The quantitative estimate of drug-likeness (QED) is 0.721. The van der Waals surface area contributed by atoms with Gasteiger partial charge in [-0.05, 0) is 49.8 Å². The van der Waals surface area contributed by atoms with E-state index in [-0.39, 0.29) is 0 Å². The standard InChI is InChI=1S/C10H20N2S/c1-12-6-8(2-4-11)9-7-13-5-3-10(9)12/h8-10H,2-7,11H2,1H3. The van der Waals surface area contributed by atoms with Gasteiger partial charge in [0.1, 0.15) is 0 Å². The Kier molecular flexibility index (Phi) is 3.17. The Morgan fingerprint density at radius 1 is 1.54 bits per heavy atom. The molecular formula is C10H20N2S. The second kappa shape index (κ2) is 4.20. The lowest BCUT2D eigenvalue weighted by Crippen LogP contribution is -2.34. The Morgan fingerprint density at radius 3 is 3.15 bits per heavy atom. The topological polar surface area (TPSA) is 29.3 Å². The van der Waals surface area contributed by atoms with Crippen LogP contribution in [0.1, 0.15) is 12.8 Å².